The predicted octanol–water partition coefficient (Wildman–Crippen LogP) is 4.25. The van der Waals surface area contributed by atoms with E-state index in [9.17, 15) is 12.8 Å². The molecule has 5 rings (SSSR count). The summed E-state index contributed by atoms with van der Waals surface area (Å²) in [5, 5.41) is 7.30. The maximum Gasteiger partial charge on any atom is 0.229 e. The number of anilines is 2. The average molecular weight is 503 g/mol. The van der Waals surface area contributed by atoms with Crippen LogP contribution in [-0.4, -0.2) is 52.4 Å². The molecule has 0 saturated carbocycles. The van der Waals surface area contributed by atoms with Crippen LogP contribution in [0.5, 0.6) is 0 Å². The molecule has 2 aromatic rings. The lowest BCUT2D eigenvalue weighted by Gasteiger charge is -2.39. The highest BCUT2D eigenvalue weighted by molar-refractivity contribution is 7.94. The molecule has 3 unspecified atom stereocenters. The van der Waals surface area contributed by atoms with Gasteiger partial charge in [-0.3, -0.25) is 0 Å². The largest absolute Gasteiger partial charge is 0.358 e. The van der Waals surface area contributed by atoms with Crippen LogP contribution in [0, 0.1) is 0 Å². The Morgan fingerprint density at radius 1 is 1.23 bits per heavy atom. The van der Waals surface area contributed by atoms with Gasteiger partial charge in [0.2, 0.25) is 5.89 Å². The van der Waals surface area contributed by atoms with E-state index < -0.39 is 21.2 Å². The Labute approximate surface area is 204 Å². The maximum atomic E-state index is 15.0. The van der Waals surface area contributed by atoms with E-state index in [1.165, 1.54) is 6.33 Å². The van der Waals surface area contributed by atoms with E-state index in [-0.39, 0.29) is 23.2 Å². The van der Waals surface area contributed by atoms with Crippen LogP contribution >= 0.6 is 0 Å². The van der Waals surface area contributed by atoms with E-state index in [1.807, 2.05) is 6.07 Å². The Bertz CT molecular complexity index is 1280. The summed E-state index contributed by atoms with van der Waals surface area (Å²) in [7, 11) is -3.47. The zero-order valence-electron chi connectivity index (χ0n) is 20.4. The van der Waals surface area contributed by atoms with Crippen molar-refractivity contribution in [2.24, 2.45) is 0 Å². The molecule has 0 spiro atoms. The summed E-state index contributed by atoms with van der Waals surface area (Å²) in [6, 6.07) is 2.46. The second kappa shape index (κ2) is 8.69. The molecule has 11 heteroatoms. The molecule has 2 aliphatic heterocycles. The van der Waals surface area contributed by atoms with Crippen molar-refractivity contribution < 1.29 is 17.3 Å². The van der Waals surface area contributed by atoms with Gasteiger partial charge >= 0.3 is 0 Å². The molecular weight excluding hydrogens is 471 g/mol. The van der Waals surface area contributed by atoms with E-state index in [2.05, 4.69) is 44.2 Å². The van der Waals surface area contributed by atoms with Crippen LogP contribution in [0.2, 0.25) is 0 Å². The quantitative estimate of drug-likeness (QED) is 0.619. The molecule has 3 atom stereocenters. The third-order valence-corrected chi connectivity index (χ3v) is 8.45. The number of rotatable bonds is 6. The van der Waals surface area contributed by atoms with Gasteiger partial charge in [0.1, 0.15) is 23.8 Å². The first-order valence-electron chi connectivity index (χ1n) is 12.0. The summed E-state index contributed by atoms with van der Waals surface area (Å²) in [5.74, 6) is 2.70. The van der Waals surface area contributed by atoms with Crippen molar-refractivity contribution in [1.29, 1.82) is 0 Å². The number of hydrogen-bond donors (Lipinski definition) is 1. The fourth-order valence-electron chi connectivity index (χ4n) is 5.35. The number of nitrogens with one attached hydrogen (secondary N) is 1. The van der Waals surface area contributed by atoms with Crippen LogP contribution < -0.4 is 10.2 Å². The molecule has 2 saturated heterocycles. The van der Waals surface area contributed by atoms with Gasteiger partial charge < -0.3 is 14.7 Å². The summed E-state index contributed by atoms with van der Waals surface area (Å²) in [6.45, 7) is 5.80. The van der Waals surface area contributed by atoms with Gasteiger partial charge in [0, 0.05) is 36.2 Å². The monoisotopic (exact) mass is 502 g/mol. The lowest BCUT2D eigenvalue weighted by Crippen LogP contribution is -2.43. The number of piperidine rings is 1. The van der Waals surface area contributed by atoms with Crippen molar-refractivity contribution in [2.45, 2.75) is 82.3 Å². The summed E-state index contributed by atoms with van der Waals surface area (Å²) in [4.78, 5) is 15.8. The first-order valence-corrected chi connectivity index (χ1v) is 13.9. The Morgan fingerprint density at radius 2 is 1.94 bits per heavy atom. The van der Waals surface area contributed by atoms with Gasteiger partial charge in [-0.1, -0.05) is 25.1 Å². The molecule has 9 nitrogen and oxygen atoms in total. The molecule has 188 valence electrons. The molecule has 0 amide bonds. The third kappa shape index (κ3) is 4.57. The molecule has 2 bridgehead atoms. The normalized spacial score (nSPS) is 28.7. The van der Waals surface area contributed by atoms with E-state index in [1.54, 1.807) is 13.0 Å². The van der Waals surface area contributed by atoms with E-state index >= 15 is 0 Å². The Hall–Kier alpha value is -2.82. The second-order valence-electron chi connectivity index (χ2n) is 10.4. The number of sulfone groups is 1. The zero-order valence-corrected chi connectivity index (χ0v) is 21.2. The smallest absolute Gasteiger partial charge is 0.229 e. The third-order valence-electron chi connectivity index (χ3n) is 7.31. The number of allylic oxidation sites excluding steroid dienone is 1. The minimum Gasteiger partial charge on any atom is -0.358 e. The van der Waals surface area contributed by atoms with Gasteiger partial charge in [-0.25, -0.2) is 22.8 Å². The number of nitrogens with zero attached hydrogens (tertiary/aromatic N) is 5. The van der Waals surface area contributed by atoms with Gasteiger partial charge in [0.15, 0.2) is 15.7 Å². The van der Waals surface area contributed by atoms with Crippen LogP contribution in [0.4, 0.5) is 16.0 Å². The molecule has 0 radical (unpaired) electrons. The zero-order chi connectivity index (χ0) is 25.0. The fraction of sp³-hybridized carbons (Fsp3) is 0.583. The molecule has 0 aromatic carbocycles. The van der Waals surface area contributed by atoms with Crippen LogP contribution in [0.1, 0.15) is 76.4 Å². The predicted molar refractivity (Wildman–Crippen MR) is 130 cm³/mol. The summed E-state index contributed by atoms with van der Waals surface area (Å²) in [6.07, 6.45) is 9.34. The first kappa shape index (κ1) is 23.9. The molecule has 3 aliphatic rings. The molecule has 2 aromatic heterocycles. The minimum atomic E-state index is -3.47. The van der Waals surface area contributed by atoms with Gasteiger partial charge in [-0.2, -0.15) is 4.98 Å². The number of aromatic nitrogens is 4. The SMILES string of the molecule is CC(C)c1noc(C2CC3CCC(C2)N3c2cc(NC3(C)CC=C(S(C)(=O)=O)C=C3F)ncn2)n1. The molecule has 4 heterocycles. The molecule has 1 aliphatic carbocycles. The Kier molecular flexibility index (Phi) is 5.93. The topological polar surface area (TPSA) is 114 Å². The lowest BCUT2D eigenvalue weighted by atomic mass is 9.90. The fourth-order valence-corrected chi connectivity index (χ4v) is 6.06. The van der Waals surface area contributed by atoms with E-state index in [4.69, 9.17) is 4.52 Å². The van der Waals surface area contributed by atoms with Crippen molar-refractivity contribution in [1.82, 2.24) is 20.1 Å². The van der Waals surface area contributed by atoms with Gasteiger partial charge in [0.25, 0.3) is 0 Å². The van der Waals surface area contributed by atoms with Crippen molar-refractivity contribution in [2.75, 3.05) is 16.5 Å². The van der Waals surface area contributed by atoms with Crippen molar-refractivity contribution in [3.05, 3.63) is 47.0 Å². The van der Waals surface area contributed by atoms with Crippen LogP contribution in [0.15, 0.2) is 39.8 Å². The van der Waals surface area contributed by atoms with Gasteiger partial charge in [0.05, 0.1) is 10.4 Å². The second-order valence-corrected chi connectivity index (χ2v) is 12.4. The van der Waals surface area contributed by atoms with E-state index in [0.29, 0.717) is 17.9 Å². The standard InChI is InChI=1S/C24H31FN6O3S/c1-14(2)22-28-23(34-30-22)15-9-16-5-6-17(10-15)31(16)21-12-20(26-13-27-21)29-24(3)8-7-18(11-19(24)25)35(4,32)33/h7,11-17H,5-6,8-10H2,1-4H3,(H,26,27,29). The Balaban J connectivity index is 1.32. The lowest BCUT2D eigenvalue weighted by molar-refractivity contribution is 0.304. The first-order chi connectivity index (χ1) is 16.5. The Morgan fingerprint density at radius 3 is 2.54 bits per heavy atom. The van der Waals surface area contributed by atoms with Crippen molar-refractivity contribution >= 4 is 21.5 Å². The minimum absolute atomic E-state index is 0.00106. The average Bonchev–Trinajstić information content (AvgIpc) is 3.38. The number of hydrogen-bond acceptors (Lipinski definition) is 9. The highest BCUT2D eigenvalue weighted by atomic mass is 32.2. The van der Waals surface area contributed by atoms with E-state index in [0.717, 1.165) is 55.5 Å². The summed E-state index contributed by atoms with van der Waals surface area (Å²) < 4.78 is 44.1. The van der Waals surface area contributed by atoms with Gasteiger partial charge in [-0.15, -0.1) is 0 Å². The molecular formula is C24H31FN6O3S. The van der Waals surface area contributed by atoms with Crippen LogP contribution in [-0.2, 0) is 9.84 Å². The highest BCUT2D eigenvalue weighted by Gasteiger charge is 2.44. The van der Waals surface area contributed by atoms with Crippen molar-refractivity contribution in [3.8, 4) is 0 Å². The van der Waals surface area contributed by atoms with Crippen LogP contribution in [0.3, 0.4) is 0 Å². The van der Waals surface area contributed by atoms with Crippen LogP contribution in [0.25, 0.3) is 0 Å². The summed E-state index contributed by atoms with van der Waals surface area (Å²) in [5.41, 5.74) is -1.09. The van der Waals surface area contributed by atoms with Crippen molar-refractivity contribution in [3.63, 3.8) is 0 Å². The highest BCUT2D eigenvalue weighted by Crippen LogP contribution is 2.45. The summed E-state index contributed by atoms with van der Waals surface area (Å²) >= 11 is 0. The van der Waals surface area contributed by atoms with Gasteiger partial charge in [-0.05, 0) is 45.1 Å². The molecule has 35 heavy (non-hydrogen) atoms. The molecule has 2 fully saturated rings. The molecule has 1 N–H and O–H groups in total. The number of halogens is 1. The number of fused-ring (bicyclic) bond motifs is 2. The maximum absolute atomic E-state index is 15.0.